The van der Waals surface area contributed by atoms with Crippen LogP contribution >= 0.6 is 11.6 Å². The lowest BCUT2D eigenvalue weighted by Gasteiger charge is -2.29. The van der Waals surface area contributed by atoms with Crippen molar-refractivity contribution >= 4 is 52.6 Å². The van der Waals surface area contributed by atoms with Crippen LogP contribution < -0.4 is 31.9 Å². The van der Waals surface area contributed by atoms with E-state index in [1.54, 1.807) is 60.9 Å². The van der Waals surface area contributed by atoms with Gasteiger partial charge in [0.15, 0.2) is 22.6 Å². The van der Waals surface area contributed by atoms with E-state index in [1.165, 1.54) is 0 Å². The van der Waals surface area contributed by atoms with E-state index in [9.17, 15) is 9.59 Å². The molecule has 8 heterocycles. The molecule has 0 radical (unpaired) electrons. The maximum atomic E-state index is 12.0. The normalized spacial score (nSPS) is 14.6. The SMILES string of the molecule is C.C#CC1CCNCC1.N#CC1CCN(c2ccc(N)nn2)CC1.N#CC1CCN(c2ccc(NC(=O)Cc3ccccn3)nn2)CC1.Nc1ccc(Cl)nn1.O=C(O)Cc1ccccn1. The van der Waals surface area contributed by atoms with Crippen LogP contribution in [-0.4, -0.2) is 96.8 Å². The number of carbonyl (C=O) groups is 2. The van der Waals surface area contributed by atoms with Crippen molar-refractivity contribution in [2.45, 2.75) is 58.8 Å². The molecule has 5 aromatic heterocycles. The van der Waals surface area contributed by atoms with Crippen molar-refractivity contribution < 1.29 is 14.7 Å². The number of anilines is 5. The number of carboxylic acids is 1. The molecule has 66 heavy (non-hydrogen) atoms. The Balaban J connectivity index is 0.000000236. The monoisotopic (exact) mass is 916 g/mol. The van der Waals surface area contributed by atoms with E-state index < -0.39 is 5.97 Å². The van der Waals surface area contributed by atoms with Crippen molar-refractivity contribution in [3.05, 3.63) is 102 Å². The van der Waals surface area contributed by atoms with Gasteiger partial charge >= 0.3 is 5.97 Å². The smallest absolute Gasteiger partial charge is 0.309 e. The zero-order valence-electron chi connectivity index (χ0n) is 36.0. The molecule has 3 saturated heterocycles. The summed E-state index contributed by atoms with van der Waals surface area (Å²) in [5.74, 6) is 5.49. The fourth-order valence-corrected chi connectivity index (χ4v) is 6.47. The fraction of sp³-hybridized carbons (Fsp3) is 0.391. The number of carboxylic acid groups (broad SMARTS) is 1. The number of halogens is 1. The number of hydrogen-bond acceptors (Lipinski definition) is 17. The van der Waals surface area contributed by atoms with Crippen LogP contribution in [0.25, 0.3) is 0 Å². The number of pyridine rings is 2. The summed E-state index contributed by atoms with van der Waals surface area (Å²) in [5, 5.41) is 55.4. The highest BCUT2D eigenvalue weighted by Crippen LogP contribution is 2.22. The molecule has 5 aromatic rings. The molecular formula is C46H57ClN16O3. The topological polar surface area (TPSA) is 288 Å². The maximum absolute atomic E-state index is 12.0. The number of nitriles is 2. The van der Waals surface area contributed by atoms with Gasteiger partial charge in [0, 0.05) is 62.0 Å². The molecule has 8 rings (SSSR count). The lowest BCUT2D eigenvalue weighted by Crippen LogP contribution is -2.34. The second-order valence-corrected chi connectivity index (χ2v) is 15.2. The highest BCUT2D eigenvalue weighted by molar-refractivity contribution is 6.29. The third-order valence-corrected chi connectivity index (χ3v) is 10.1. The standard InChI is InChI=1S/C17H18N6O.C10H13N5.C7H7NO2.C7H11N.C4H4ClN3.CH4/c18-12-13-6-9-23(10-7-13)16-5-4-15(21-22-16)20-17(24)11-14-3-1-2-8-19-14;11-7-8-3-5-15(6-4-8)10-2-1-9(12)13-14-10;9-7(10)5-6-3-1-2-4-8-6;1-2-7-3-5-8-6-4-7;5-3-1-2-4(6)8-7-3;/h1-5,8,13H,6-7,9-11H2,(H,20,21,24);1-2,8H,3-6H2,(H2,12,13);1-4H,5H2,(H,9,10);1,7-8H,3-6H2;1-2H,(H2,6,8);1H4. The average molecular weight is 918 g/mol. The average Bonchev–Trinajstić information content (AvgIpc) is 3.34. The fourth-order valence-electron chi connectivity index (χ4n) is 6.37. The van der Waals surface area contributed by atoms with Gasteiger partial charge in [0.05, 0.1) is 30.7 Å². The molecule has 0 atom stereocenters. The summed E-state index contributed by atoms with van der Waals surface area (Å²) in [7, 11) is 0. The number of nitrogens with two attached hydrogens (primary N) is 2. The number of rotatable bonds is 7. The van der Waals surface area contributed by atoms with Gasteiger partial charge in [0.2, 0.25) is 5.91 Å². The highest BCUT2D eigenvalue weighted by atomic mass is 35.5. The van der Waals surface area contributed by atoms with Crippen molar-refractivity contribution in [2.75, 3.05) is 65.9 Å². The lowest BCUT2D eigenvalue weighted by molar-refractivity contribution is -0.136. The van der Waals surface area contributed by atoms with Crippen LogP contribution in [0.3, 0.4) is 0 Å². The first-order chi connectivity index (χ1) is 31.5. The van der Waals surface area contributed by atoms with Gasteiger partial charge in [-0.2, -0.15) is 10.5 Å². The lowest BCUT2D eigenvalue weighted by atomic mass is 9.99. The molecule has 0 aromatic carbocycles. The first-order valence-corrected chi connectivity index (χ1v) is 21.4. The summed E-state index contributed by atoms with van der Waals surface area (Å²) in [6.45, 7) is 5.56. The van der Waals surface area contributed by atoms with Gasteiger partial charge < -0.3 is 37.0 Å². The maximum Gasteiger partial charge on any atom is 0.309 e. The first kappa shape index (κ1) is 52.8. The Kier molecular flexibility index (Phi) is 23.8. The predicted octanol–water partition coefficient (Wildman–Crippen LogP) is 5.27. The number of hydrogen-bond donors (Lipinski definition) is 5. The number of carbonyl (C=O) groups excluding carboxylic acids is 1. The highest BCUT2D eigenvalue weighted by Gasteiger charge is 2.21. The van der Waals surface area contributed by atoms with Gasteiger partial charge in [-0.1, -0.05) is 31.2 Å². The van der Waals surface area contributed by atoms with Gasteiger partial charge in [-0.25, -0.2) is 0 Å². The van der Waals surface area contributed by atoms with Crippen LogP contribution in [0.4, 0.5) is 29.1 Å². The number of nitrogens with one attached hydrogen (secondary N) is 2. The molecule has 0 aliphatic carbocycles. The Hall–Kier alpha value is -7.53. The predicted molar refractivity (Wildman–Crippen MR) is 254 cm³/mol. The molecule has 7 N–H and O–H groups in total. The Morgan fingerprint density at radius 2 is 1.20 bits per heavy atom. The van der Waals surface area contributed by atoms with Crippen LogP contribution in [0.5, 0.6) is 0 Å². The number of nitrogen functional groups attached to an aromatic ring is 2. The number of amides is 1. The number of piperidine rings is 3. The first-order valence-electron chi connectivity index (χ1n) is 21.0. The molecule has 20 heteroatoms. The Bertz CT molecular complexity index is 2250. The minimum absolute atomic E-state index is 0. The molecule has 0 unspecified atom stereocenters. The molecule has 3 fully saturated rings. The summed E-state index contributed by atoms with van der Waals surface area (Å²) >= 11 is 5.38. The Morgan fingerprint density at radius 3 is 1.58 bits per heavy atom. The largest absolute Gasteiger partial charge is 0.481 e. The number of terminal acetylenes is 1. The third kappa shape index (κ3) is 20.3. The zero-order valence-corrected chi connectivity index (χ0v) is 36.7. The van der Waals surface area contributed by atoms with Gasteiger partial charge in [0.25, 0.3) is 0 Å². The Morgan fingerprint density at radius 1 is 0.697 bits per heavy atom. The van der Waals surface area contributed by atoms with E-state index in [0.717, 1.165) is 89.4 Å². The summed E-state index contributed by atoms with van der Waals surface area (Å²) in [6, 6.07) is 25.7. The molecule has 19 nitrogen and oxygen atoms in total. The quantitative estimate of drug-likeness (QED) is 0.130. The second kappa shape index (κ2) is 29.8. The van der Waals surface area contributed by atoms with Crippen LogP contribution in [0.1, 0.15) is 57.3 Å². The van der Waals surface area contributed by atoms with E-state index in [2.05, 4.69) is 79.1 Å². The van der Waals surface area contributed by atoms with Gasteiger partial charge in [0.1, 0.15) is 11.6 Å². The molecule has 0 spiro atoms. The van der Waals surface area contributed by atoms with Gasteiger partial charge in [-0.15, -0.1) is 42.9 Å². The second-order valence-electron chi connectivity index (χ2n) is 14.8. The van der Waals surface area contributed by atoms with Crippen molar-refractivity contribution in [2.24, 2.45) is 17.8 Å². The van der Waals surface area contributed by atoms with Crippen LogP contribution in [0.2, 0.25) is 5.15 Å². The number of aromatic nitrogens is 8. The molecule has 3 aliphatic heterocycles. The number of nitrogens with zero attached hydrogens (tertiary/aromatic N) is 12. The van der Waals surface area contributed by atoms with Crippen LogP contribution in [-0.2, 0) is 22.4 Å². The molecule has 346 valence electrons. The Labute approximate surface area is 391 Å². The molecule has 3 aliphatic rings. The van der Waals surface area contributed by atoms with E-state index in [1.807, 2.05) is 24.3 Å². The van der Waals surface area contributed by atoms with E-state index >= 15 is 0 Å². The van der Waals surface area contributed by atoms with Crippen LogP contribution in [0.15, 0.2) is 85.2 Å². The molecular weight excluding hydrogens is 860 g/mol. The zero-order chi connectivity index (χ0) is 46.7. The van der Waals surface area contributed by atoms with Crippen molar-refractivity contribution in [1.82, 2.24) is 45.9 Å². The molecule has 0 saturated carbocycles. The van der Waals surface area contributed by atoms with Crippen molar-refractivity contribution in [3.63, 3.8) is 0 Å². The molecule has 0 bridgehead atoms. The summed E-state index contributed by atoms with van der Waals surface area (Å²) in [4.78, 5) is 34.3. The van der Waals surface area contributed by atoms with E-state index in [4.69, 9.17) is 45.1 Å². The van der Waals surface area contributed by atoms with Crippen molar-refractivity contribution in [3.8, 4) is 24.5 Å². The minimum atomic E-state index is -0.848. The van der Waals surface area contributed by atoms with Gasteiger partial charge in [-0.05, 0) is 112 Å². The number of aliphatic carboxylic acids is 1. The van der Waals surface area contributed by atoms with Gasteiger partial charge in [-0.3, -0.25) is 19.6 Å². The van der Waals surface area contributed by atoms with Crippen molar-refractivity contribution in [1.29, 1.82) is 10.5 Å². The summed E-state index contributed by atoms with van der Waals surface area (Å²) in [6.07, 6.45) is 14.5. The van der Waals surface area contributed by atoms with E-state index in [-0.39, 0.29) is 38.0 Å². The minimum Gasteiger partial charge on any atom is -0.481 e. The molecule has 1 amide bonds. The summed E-state index contributed by atoms with van der Waals surface area (Å²) < 4.78 is 0. The third-order valence-electron chi connectivity index (χ3n) is 9.95. The summed E-state index contributed by atoms with van der Waals surface area (Å²) in [5.41, 5.74) is 12.0. The van der Waals surface area contributed by atoms with Crippen LogP contribution in [0, 0.1) is 52.8 Å². The van der Waals surface area contributed by atoms with E-state index in [0.29, 0.717) is 39.9 Å².